The van der Waals surface area contributed by atoms with Crippen LogP contribution in [0.15, 0.2) is 23.1 Å². The van der Waals surface area contributed by atoms with Gasteiger partial charge in [0.2, 0.25) is 21.8 Å². The van der Waals surface area contributed by atoms with Crippen LogP contribution in [0.4, 0.5) is 5.69 Å². The summed E-state index contributed by atoms with van der Waals surface area (Å²) >= 11 is 0. The van der Waals surface area contributed by atoms with Gasteiger partial charge in [0.1, 0.15) is 0 Å². The molecule has 1 aromatic rings. The van der Waals surface area contributed by atoms with Crippen LogP contribution >= 0.6 is 0 Å². The van der Waals surface area contributed by atoms with Gasteiger partial charge in [-0.2, -0.15) is 4.31 Å². The molecule has 1 aliphatic heterocycles. The van der Waals surface area contributed by atoms with Gasteiger partial charge in [-0.15, -0.1) is 0 Å². The Labute approximate surface area is 154 Å². The van der Waals surface area contributed by atoms with E-state index in [9.17, 15) is 18.0 Å². The number of anilines is 1. The van der Waals surface area contributed by atoms with Crippen LogP contribution in [0.1, 0.15) is 44.1 Å². The number of rotatable bonds is 5. The van der Waals surface area contributed by atoms with Crippen LogP contribution in [0.25, 0.3) is 0 Å². The second-order valence-corrected chi connectivity index (χ2v) is 9.08. The highest BCUT2D eigenvalue weighted by molar-refractivity contribution is 7.89. The maximum absolute atomic E-state index is 12.8. The number of hydrogen-bond acceptors (Lipinski definition) is 4. The average molecular weight is 379 g/mol. The lowest BCUT2D eigenvalue weighted by molar-refractivity contribution is -0.122. The lowest BCUT2D eigenvalue weighted by Crippen LogP contribution is -2.43. The number of aryl methyl sites for hydroxylation is 1. The Morgan fingerprint density at radius 3 is 2.69 bits per heavy atom. The second kappa shape index (κ2) is 7.75. The predicted molar refractivity (Wildman–Crippen MR) is 98.2 cm³/mol. The van der Waals surface area contributed by atoms with Crippen LogP contribution in [0.2, 0.25) is 0 Å². The first-order chi connectivity index (χ1) is 12.4. The van der Waals surface area contributed by atoms with Gasteiger partial charge in [-0.3, -0.25) is 9.59 Å². The summed E-state index contributed by atoms with van der Waals surface area (Å²) in [5.41, 5.74) is 1.45. The topological polar surface area (TPSA) is 95.6 Å². The molecule has 8 heteroatoms. The van der Waals surface area contributed by atoms with Gasteiger partial charge in [0.05, 0.1) is 11.4 Å². The Morgan fingerprint density at radius 1 is 1.23 bits per heavy atom. The van der Waals surface area contributed by atoms with Crippen molar-refractivity contribution in [2.75, 3.05) is 18.9 Å². The third-order valence-corrected chi connectivity index (χ3v) is 6.82. The van der Waals surface area contributed by atoms with Crippen molar-refractivity contribution in [1.82, 2.24) is 9.62 Å². The third-order valence-electron chi connectivity index (χ3n) is 5.02. The van der Waals surface area contributed by atoms with Crippen LogP contribution in [0.3, 0.4) is 0 Å². The molecule has 7 nitrogen and oxygen atoms in total. The molecule has 142 valence electrons. The Kier molecular flexibility index (Phi) is 5.62. The number of likely N-dealkylation sites (N-methyl/N-ethyl adjacent to an activating group) is 1. The quantitative estimate of drug-likeness (QED) is 0.813. The minimum atomic E-state index is -3.76. The maximum atomic E-state index is 12.8. The number of sulfonamides is 1. The molecule has 1 heterocycles. The molecule has 0 radical (unpaired) electrons. The van der Waals surface area contributed by atoms with Crippen molar-refractivity contribution in [3.8, 4) is 0 Å². The number of benzene rings is 1. The normalized spacial score (nSPS) is 18.3. The fourth-order valence-electron chi connectivity index (χ4n) is 3.51. The Hall–Kier alpha value is -1.93. The first-order valence-corrected chi connectivity index (χ1v) is 10.5. The molecule has 1 aromatic carbocycles. The van der Waals surface area contributed by atoms with E-state index < -0.39 is 10.0 Å². The molecule has 1 aliphatic carbocycles. The average Bonchev–Trinajstić information content (AvgIpc) is 2.61. The molecule has 2 aliphatic rings. The molecule has 0 atom stereocenters. The summed E-state index contributed by atoms with van der Waals surface area (Å²) in [7, 11) is -2.35. The Balaban J connectivity index is 1.67. The van der Waals surface area contributed by atoms with Crippen molar-refractivity contribution in [1.29, 1.82) is 0 Å². The van der Waals surface area contributed by atoms with E-state index in [0.717, 1.165) is 35.6 Å². The first kappa shape index (κ1) is 18.8. The summed E-state index contributed by atoms with van der Waals surface area (Å²) in [6.45, 7) is -0.202. The van der Waals surface area contributed by atoms with E-state index in [2.05, 4.69) is 10.6 Å². The molecule has 1 fully saturated rings. The number of carbonyl (C=O) groups excluding carboxylic acids is 2. The molecular formula is C18H25N3O4S. The highest BCUT2D eigenvalue weighted by atomic mass is 32.2. The fraction of sp³-hybridized carbons (Fsp3) is 0.556. The van der Waals surface area contributed by atoms with Crippen molar-refractivity contribution >= 4 is 27.5 Å². The summed E-state index contributed by atoms with van der Waals surface area (Å²) in [6, 6.07) is 4.81. The standard InChI is InChI=1S/C18H25N3O4S/c1-21(12-18(23)19-14-5-3-2-4-6-14)26(24,25)15-8-9-16-13(11-15)7-10-17(22)20-16/h8-9,11,14H,2-7,10,12H2,1H3,(H,19,23)(H,20,22). The van der Waals surface area contributed by atoms with Gasteiger partial charge >= 0.3 is 0 Å². The van der Waals surface area contributed by atoms with Crippen LogP contribution in [-0.4, -0.2) is 44.2 Å². The highest BCUT2D eigenvalue weighted by Crippen LogP contribution is 2.26. The molecule has 1 saturated carbocycles. The zero-order valence-corrected chi connectivity index (χ0v) is 15.8. The van der Waals surface area contributed by atoms with Crippen LogP contribution in [0, 0.1) is 0 Å². The smallest absolute Gasteiger partial charge is 0.243 e. The molecule has 0 spiro atoms. The Bertz CT molecular complexity index is 801. The summed E-state index contributed by atoms with van der Waals surface area (Å²) in [5.74, 6) is -0.335. The van der Waals surface area contributed by atoms with E-state index in [0.29, 0.717) is 18.5 Å². The number of carbonyl (C=O) groups is 2. The molecule has 3 rings (SSSR count). The van der Waals surface area contributed by atoms with Gasteiger partial charge in [-0.25, -0.2) is 8.42 Å². The number of hydrogen-bond donors (Lipinski definition) is 2. The van der Waals surface area contributed by atoms with Gasteiger partial charge in [-0.1, -0.05) is 19.3 Å². The molecule has 0 aromatic heterocycles. The zero-order chi connectivity index (χ0) is 18.7. The molecule has 2 N–H and O–H groups in total. The molecule has 2 amide bonds. The highest BCUT2D eigenvalue weighted by Gasteiger charge is 2.26. The minimum Gasteiger partial charge on any atom is -0.352 e. The molecular weight excluding hydrogens is 354 g/mol. The fourth-order valence-corrected chi connectivity index (χ4v) is 4.69. The van der Waals surface area contributed by atoms with Crippen molar-refractivity contribution in [2.24, 2.45) is 0 Å². The van der Waals surface area contributed by atoms with Gasteiger partial charge in [0.25, 0.3) is 0 Å². The van der Waals surface area contributed by atoms with Gasteiger partial charge in [0, 0.05) is 25.2 Å². The zero-order valence-electron chi connectivity index (χ0n) is 15.0. The summed E-state index contributed by atoms with van der Waals surface area (Å²) < 4.78 is 26.6. The molecule has 0 saturated heterocycles. The van der Waals surface area contributed by atoms with Gasteiger partial charge in [-0.05, 0) is 43.0 Å². The number of nitrogens with one attached hydrogen (secondary N) is 2. The summed E-state index contributed by atoms with van der Waals surface area (Å²) in [5, 5.41) is 5.67. The van der Waals surface area contributed by atoms with Crippen LogP contribution in [0.5, 0.6) is 0 Å². The number of nitrogens with zero attached hydrogens (tertiary/aromatic N) is 1. The van der Waals surface area contributed by atoms with Crippen LogP contribution < -0.4 is 10.6 Å². The summed E-state index contributed by atoms with van der Waals surface area (Å²) in [6.07, 6.45) is 6.17. The first-order valence-electron chi connectivity index (χ1n) is 9.05. The minimum absolute atomic E-state index is 0.0652. The molecule has 26 heavy (non-hydrogen) atoms. The molecule has 0 bridgehead atoms. The lowest BCUT2D eigenvalue weighted by Gasteiger charge is -2.24. The van der Waals surface area contributed by atoms with E-state index in [1.165, 1.54) is 19.5 Å². The van der Waals surface area contributed by atoms with E-state index in [-0.39, 0.29) is 29.3 Å². The van der Waals surface area contributed by atoms with Crippen molar-refractivity contribution in [2.45, 2.75) is 55.9 Å². The van der Waals surface area contributed by atoms with E-state index in [1.807, 2.05) is 0 Å². The largest absolute Gasteiger partial charge is 0.352 e. The maximum Gasteiger partial charge on any atom is 0.243 e. The molecule has 0 unspecified atom stereocenters. The van der Waals surface area contributed by atoms with E-state index >= 15 is 0 Å². The SMILES string of the molecule is CN(CC(=O)NC1CCCCC1)S(=O)(=O)c1ccc2c(c1)CCC(=O)N2. The van der Waals surface area contributed by atoms with Crippen LogP contribution in [-0.2, 0) is 26.0 Å². The predicted octanol–water partition coefficient (Wildman–Crippen LogP) is 1.64. The Morgan fingerprint density at radius 2 is 1.96 bits per heavy atom. The summed E-state index contributed by atoms with van der Waals surface area (Å²) in [4.78, 5) is 23.8. The van der Waals surface area contributed by atoms with E-state index in [4.69, 9.17) is 0 Å². The van der Waals surface area contributed by atoms with Crippen molar-refractivity contribution in [3.05, 3.63) is 23.8 Å². The van der Waals surface area contributed by atoms with Gasteiger partial charge < -0.3 is 10.6 Å². The lowest BCUT2D eigenvalue weighted by atomic mass is 9.95. The second-order valence-electron chi connectivity index (χ2n) is 7.03. The van der Waals surface area contributed by atoms with E-state index in [1.54, 1.807) is 12.1 Å². The number of amides is 2. The van der Waals surface area contributed by atoms with Crippen molar-refractivity contribution < 1.29 is 18.0 Å². The van der Waals surface area contributed by atoms with Crippen molar-refractivity contribution in [3.63, 3.8) is 0 Å². The third kappa shape index (κ3) is 4.24. The monoisotopic (exact) mass is 379 g/mol. The van der Waals surface area contributed by atoms with Gasteiger partial charge in [0.15, 0.2) is 0 Å². The number of fused-ring (bicyclic) bond motifs is 1.